The van der Waals surface area contributed by atoms with Crippen LogP contribution in [0.15, 0.2) is 42.7 Å². The maximum absolute atomic E-state index is 14.9. The van der Waals surface area contributed by atoms with E-state index in [0.29, 0.717) is 25.3 Å². The van der Waals surface area contributed by atoms with E-state index in [4.69, 9.17) is 9.47 Å². The second-order valence-corrected chi connectivity index (χ2v) is 12.7. The standard InChI is InChI=1S/C31H32F5N5O3/c1-39-19-37-38-26(39)12-28(16-44-17-28)21-3-2-4-22(11-21)41-14-24-23(27(41)42)9-20(10-25(24)31(34,35)36)13-40-7-5-30(32,33)29(15-40)6-8-43-18-29/h2-4,9-11,19H,5-8,12-18H2,1H3/t29-/m1/s1. The lowest BCUT2D eigenvalue weighted by molar-refractivity contribution is -0.167. The van der Waals surface area contributed by atoms with E-state index < -0.39 is 34.4 Å². The van der Waals surface area contributed by atoms with E-state index in [-0.39, 0.29) is 68.9 Å². The third kappa shape index (κ3) is 4.80. The molecule has 3 saturated heterocycles. The Morgan fingerprint density at radius 2 is 1.86 bits per heavy atom. The molecule has 44 heavy (non-hydrogen) atoms. The van der Waals surface area contributed by atoms with Gasteiger partial charge in [0.05, 0.1) is 37.3 Å². The monoisotopic (exact) mass is 617 g/mol. The van der Waals surface area contributed by atoms with E-state index in [0.717, 1.165) is 17.5 Å². The minimum atomic E-state index is -4.70. The highest BCUT2D eigenvalue weighted by Crippen LogP contribution is 2.49. The lowest BCUT2D eigenvalue weighted by Crippen LogP contribution is -2.55. The molecule has 5 heterocycles. The summed E-state index contributed by atoms with van der Waals surface area (Å²) in [6, 6.07) is 9.85. The largest absolute Gasteiger partial charge is 0.416 e. The van der Waals surface area contributed by atoms with Gasteiger partial charge in [-0.05, 0) is 47.4 Å². The Balaban J connectivity index is 1.17. The third-order valence-electron chi connectivity index (χ3n) is 9.79. The van der Waals surface area contributed by atoms with Gasteiger partial charge in [0.25, 0.3) is 11.8 Å². The molecule has 4 aliphatic rings. The summed E-state index contributed by atoms with van der Waals surface area (Å²) in [5.74, 6) is -2.66. The molecule has 13 heteroatoms. The van der Waals surface area contributed by atoms with E-state index in [2.05, 4.69) is 10.2 Å². The van der Waals surface area contributed by atoms with Gasteiger partial charge in [-0.1, -0.05) is 12.1 Å². The molecule has 8 nitrogen and oxygen atoms in total. The summed E-state index contributed by atoms with van der Waals surface area (Å²) in [5.41, 5.74) is -1.05. The molecule has 0 N–H and O–H groups in total. The molecule has 7 rings (SSSR count). The molecular weight excluding hydrogens is 585 g/mol. The summed E-state index contributed by atoms with van der Waals surface area (Å²) >= 11 is 0. The van der Waals surface area contributed by atoms with Gasteiger partial charge in [0.2, 0.25) is 0 Å². The van der Waals surface area contributed by atoms with Crippen molar-refractivity contribution in [3.05, 3.63) is 76.4 Å². The Hall–Kier alpha value is -3.42. The summed E-state index contributed by atoms with van der Waals surface area (Å²) in [6.07, 6.45) is -2.71. The van der Waals surface area contributed by atoms with Crippen LogP contribution in [0.3, 0.4) is 0 Å². The second kappa shape index (κ2) is 10.3. The van der Waals surface area contributed by atoms with Gasteiger partial charge in [-0.3, -0.25) is 9.69 Å². The van der Waals surface area contributed by atoms with Crippen LogP contribution in [0.2, 0.25) is 0 Å². The van der Waals surface area contributed by atoms with Crippen molar-refractivity contribution >= 4 is 11.6 Å². The van der Waals surface area contributed by atoms with Crippen molar-refractivity contribution in [3.8, 4) is 0 Å². The lowest BCUT2D eigenvalue weighted by atomic mass is 9.75. The van der Waals surface area contributed by atoms with Crippen molar-refractivity contribution in [1.29, 1.82) is 0 Å². The number of ether oxygens (including phenoxy) is 2. The van der Waals surface area contributed by atoms with Gasteiger partial charge in [0, 0.05) is 62.8 Å². The minimum Gasteiger partial charge on any atom is -0.381 e. The number of halogens is 5. The van der Waals surface area contributed by atoms with Crippen LogP contribution in [0, 0.1) is 5.41 Å². The van der Waals surface area contributed by atoms with Crippen LogP contribution >= 0.6 is 0 Å². The predicted molar refractivity (Wildman–Crippen MR) is 148 cm³/mol. The molecule has 3 fully saturated rings. The van der Waals surface area contributed by atoms with Gasteiger partial charge >= 0.3 is 6.18 Å². The molecule has 4 aliphatic heterocycles. The minimum absolute atomic E-state index is 0.0118. The number of hydrogen-bond donors (Lipinski definition) is 0. The molecule has 1 aromatic heterocycles. The van der Waals surface area contributed by atoms with Crippen LogP contribution < -0.4 is 4.90 Å². The van der Waals surface area contributed by atoms with Gasteiger partial charge < -0.3 is 18.9 Å². The van der Waals surface area contributed by atoms with Gasteiger partial charge in [0.15, 0.2) is 0 Å². The molecule has 0 unspecified atom stereocenters. The Bertz CT molecular complexity index is 1600. The molecule has 1 spiro atoms. The number of aromatic nitrogens is 3. The molecule has 0 radical (unpaired) electrons. The summed E-state index contributed by atoms with van der Waals surface area (Å²) < 4.78 is 85.6. The van der Waals surface area contributed by atoms with Crippen molar-refractivity contribution in [1.82, 2.24) is 19.7 Å². The fourth-order valence-corrected chi connectivity index (χ4v) is 7.11. The fraction of sp³-hybridized carbons (Fsp3) is 0.516. The fourth-order valence-electron chi connectivity index (χ4n) is 7.11. The number of alkyl halides is 5. The number of amides is 1. The number of fused-ring (bicyclic) bond motifs is 1. The SMILES string of the molecule is Cn1cnnc1CC1(c2cccc(N3Cc4c(cc(CN5CCC(F)(F)[C@]6(CCOC6)C5)cc4C(F)(F)F)C3=O)c2)COC1. The van der Waals surface area contributed by atoms with Crippen LogP contribution in [-0.2, 0) is 47.6 Å². The first-order valence-corrected chi connectivity index (χ1v) is 14.6. The highest BCUT2D eigenvalue weighted by Gasteiger charge is 2.58. The Morgan fingerprint density at radius 3 is 2.52 bits per heavy atom. The van der Waals surface area contributed by atoms with E-state index in [1.165, 1.54) is 11.0 Å². The summed E-state index contributed by atoms with van der Waals surface area (Å²) in [5, 5.41) is 8.15. The quantitative estimate of drug-likeness (QED) is 0.372. The summed E-state index contributed by atoms with van der Waals surface area (Å²) in [6.45, 7) is 0.902. The Kier molecular flexibility index (Phi) is 6.87. The predicted octanol–water partition coefficient (Wildman–Crippen LogP) is 4.75. The van der Waals surface area contributed by atoms with Crippen molar-refractivity contribution in [2.45, 2.75) is 49.9 Å². The first kappa shape index (κ1) is 29.3. The number of carbonyl (C=O) groups is 1. The molecule has 1 atom stereocenters. The van der Waals surface area contributed by atoms with Crippen molar-refractivity contribution in [2.75, 3.05) is 44.4 Å². The van der Waals surface area contributed by atoms with Gasteiger partial charge in [-0.25, -0.2) is 8.78 Å². The van der Waals surface area contributed by atoms with E-state index in [1.807, 2.05) is 23.7 Å². The second-order valence-electron chi connectivity index (χ2n) is 12.7. The van der Waals surface area contributed by atoms with E-state index in [1.54, 1.807) is 23.4 Å². The number of hydrogen-bond acceptors (Lipinski definition) is 6. The zero-order valence-electron chi connectivity index (χ0n) is 24.2. The van der Waals surface area contributed by atoms with Gasteiger partial charge in [0.1, 0.15) is 12.2 Å². The normalized spacial score (nSPS) is 24.6. The van der Waals surface area contributed by atoms with Gasteiger partial charge in [-0.15, -0.1) is 10.2 Å². The average Bonchev–Trinajstić information content (AvgIpc) is 3.68. The summed E-state index contributed by atoms with van der Waals surface area (Å²) in [7, 11) is 1.85. The van der Waals surface area contributed by atoms with Crippen molar-refractivity contribution < 1.29 is 36.2 Å². The molecule has 2 aromatic carbocycles. The molecule has 0 aliphatic carbocycles. The molecule has 3 aromatic rings. The molecule has 0 bridgehead atoms. The highest BCUT2D eigenvalue weighted by molar-refractivity contribution is 6.10. The number of anilines is 1. The van der Waals surface area contributed by atoms with Crippen molar-refractivity contribution in [3.63, 3.8) is 0 Å². The first-order valence-electron chi connectivity index (χ1n) is 14.6. The number of nitrogens with zero attached hydrogens (tertiary/aromatic N) is 5. The first-order chi connectivity index (χ1) is 20.9. The van der Waals surface area contributed by atoms with Crippen LogP contribution in [0.5, 0.6) is 0 Å². The number of aryl methyl sites for hydroxylation is 1. The Morgan fingerprint density at radius 1 is 1.05 bits per heavy atom. The number of likely N-dealkylation sites (tertiary alicyclic amines) is 1. The zero-order chi connectivity index (χ0) is 30.9. The van der Waals surface area contributed by atoms with E-state index in [9.17, 15) is 26.7 Å². The summed E-state index contributed by atoms with van der Waals surface area (Å²) in [4.78, 5) is 16.9. The van der Waals surface area contributed by atoms with Crippen molar-refractivity contribution in [2.24, 2.45) is 12.5 Å². The molecule has 0 saturated carbocycles. The van der Waals surface area contributed by atoms with Crippen LogP contribution in [0.1, 0.15) is 51.3 Å². The smallest absolute Gasteiger partial charge is 0.381 e. The van der Waals surface area contributed by atoms with Crippen LogP contribution in [0.4, 0.5) is 27.6 Å². The number of piperidine rings is 1. The molecular formula is C31H32F5N5O3. The zero-order valence-corrected chi connectivity index (χ0v) is 24.2. The molecule has 234 valence electrons. The highest BCUT2D eigenvalue weighted by atomic mass is 19.4. The van der Waals surface area contributed by atoms with Gasteiger partial charge in [-0.2, -0.15) is 13.2 Å². The van der Waals surface area contributed by atoms with Crippen LogP contribution in [0.25, 0.3) is 0 Å². The van der Waals surface area contributed by atoms with Crippen LogP contribution in [-0.4, -0.2) is 71.0 Å². The number of carbonyl (C=O) groups excluding carboxylic acids is 1. The average molecular weight is 618 g/mol. The maximum Gasteiger partial charge on any atom is 0.416 e. The number of rotatable bonds is 6. The maximum atomic E-state index is 14.9. The number of benzene rings is 2. The Labute approximate surface area is 250 Å². The topological polar surface area (TPSA) is 72.7 Å². The molecule has 1 amide bonds. The lowest BCUT2D eigenvalue weighted by Gasteiger charge is -2.45. The third-order valence-corrected chi connectivity index (χ3v) is 9.79. The van der Waals surface area contributed by atoms with E-state index >= 15 is 0 Å².